The van der Waals surface area contributed by atoms with Crippen LogP contribution < -0.4 is 10.1 Å². The minimum Gasteiger partial charge on any atom is -0.482 e. The van der Waals surface area contributed by atoms with Crippen LogP contribution in [0.25, 0.3) is 5.65 Å². The maximum Gasteiger partial charge on any atom is 0.180 e. The van der Waals surface area contributed by atoms with E-state index >= 15 is 0 Å². The van der Waals surface area contributed by atoms with Crippen LogP contribution >= 0.6 is 0 Å². The molecule has 24 heavy (non-hydrogen) atoms. The molecule has 3 aromatic rings. The molecule has 0 bridgehead atoms. The van der Waals surface area contributed by atoms with Gasteiger partial charge < -0.3 is 14.5 Å². The first-order valence-electron chi connectivity index (χ1n) is 8.68. The summed E-state index contributed by atoms with van der Waals surface area (Å²) in [5.74, 6) is 0.984. The molecular weight excluding hydrogens is 298 g/mol. The summed E-state index contributed by atoms with van der Waals surface area (Å²) < 4.78 is 8.71. The highest BCUT2D eigenvalue weighted by Crippen LogP contribution is 2.42. The molecule has 2 aliphatic heterocycles. The predicted molar refractivity (Wildman–Crippen MR) is 93.5 cm³/mol. The number of hydrogen-bond acceptors (Lipinski definition) is 3. The lowest BCUT2D eigenvalue weighted by atomic mass is 9.94. The van der Waals surface area contributed by atoms with Crippen molar-refractivity contribution in [1.29, 1.82) is 0 Å². The quantitative estimate of drug-likeness (QED) is 0.733. The molecule has 0 spiro atoms. The molecule has 0 saturated carbocycles. The molecule has 0 amide bonds. The van der Waals surface area contributed by atoms with Crippen molar-refractivity contribution in [2.24, 2.45) is 0 Å². The molecule has 122 valence electrons. The average molecular weight is 319 g/mol. The van der Waals surface area contributed by atoms with Gasteiger partial charge in [-0.3, -0.25) is 0 Å². The van der Waals surface area contributed by atoms with Gasteiger partial charge in [0.1, 0.15) is 6.10 Å². The predicted octanol–water partition coefficient (Wildman–Crippen LogP) is 3.66. The van der Waals surface area contributed by atoms with Crippen molar-refractivity contribution < 1.29 is 4.74 Å². The first-order chi connectivity index (χ1) is 11.7. The van der Waals surface area contributed by atoms with E-state index in [4.69, 9.17) is 9.72 Å². The van der Waals surface area contributed by atoms with Gasteiger partial charge in [-0.25, -0.2) is 4.98 Å². The van der Waals surface area contributed by atoms with Gasteiger partial charge in [0.2, 0.25) is 0 Å². The number of nitrogens with zero attached hydrogens (tertiary/aromatic N) is 2. The fraction of sp³-hybridized carbons (Fsp3) is 0.350. The van der Waals surface area contributed by atoms with Crippen LogP contribution in [0.5, 0.6) is 5.75 Å². The molecule has 4 nitrogen and oxygen atoms in total. The van der Waals surface area contributed by atoms with Crippen molar-refractivity contribution >= 4 is 5.65 Å². The van der Waals surface area contributed by atoms with E-state index < -0.39 is 0 Å². The van der Waals surface area contributed by atoms with Crippen LogP contribution in [0, 0.1) is 13.8 Å². The normalized spacial score (nSPS) is 22.2. The molecule has 0 aliphatic carbocycles. The third-order valence-electron chi connectivity index (χ3n) is 5.35. The number of aryl methyl sites for hydroxylation is 2. The maximum atomic E-state index is 6.51. The summed E-state index contributed by atoms with van der Waals surface area (Å²) in [5, 5.41) is 3.45. The van der Waals surface area contributed by atoms with Gasteiger partial charge in [0.15, 0.2) is 11.4 Å². The highest BCUT2D eigenvalue weighted by Gasteiger charge is 2.33. The van der Waals surface area contributed by atoms with Gasteiger partial charge in [-0.05, 0) is 37.8 Å². The summed E-state index contributed by atoms with van der Waals surface area (Å²) in [5.41, 5.74) is 7.20. The Bertz CT molecular complexity index is 925. The third kappa shape index (κ3) is 2.06. The van der Waals surface area contributed by atoms with Gasteiger partial charge in [-0.15, -0.1) is 0 Å². The zero-order valence-corrected chi connectivity index (χ0v) is 14.0. The minimum absolute atomic E-state index is 0.113. The number of ether oxygens (including phenoxy) is 1. The first-order valence-corrected chi connectivity index (χ1v) is 8.68. The first kappa shape index (κ1) is 14.1. The summed E-state index contributed by atoms with van der Waals surface area (Å²) >= 11 is 0. The lowest BCUT2D eigenvalue weighted by Gasteiger charge is -2.28. The molecule has 2 unspecified atom stereocenters. The number of imidazole rings is 1. The van der Waals surface area contributed by atoms with Gasteiger partial charge in [0.05, 0.1) is 5.69 Å². The van der Waals surface area contributed by atoms with Crippen LogP contribution in [0.4, 0.5) is 0 Å². The van der Waals surface area contributed by atoms with Crippen molar-refractivity contribution in [1.82, 2.24) is 14.7 Å². The Morgan fingerprint density at radius 1 is 1.21 bits per heavy atom. The Balaban J connectivity index is 1.68. The summed E-state index contributed by atoms with van der Waals surface area (Å²) in [4.78, 5) is 4.79. The van der Waals surface area contributed by atoms with E-state index in [2.05, 4.69) is 60.1 Å². The fourth-order valence-corrected chi connectivity index (χ4v) is 3.77. The Morgan fingerprint density at radius 2 is 2.00 bits per heavy atom. The zero-order valence-electron chi connectivity index (χ0n) is 14.0. The molecular formula is C20H21N3O. The van der Waals surface area contributed by atoms with Gasteiger partial charge >= 0.3 is 0 Å². The Morgan fingerprint density at radius 3 is 2.75 bits per heavy atom. The van der Waals surface area contributed by atoms with Crippen LogP contribution in [0.1, 0.15) is 46.6 Å². The monoisotopic (exact) mass is 319 g/mol. The van der Waals surface area contributed by atoms with E-state index in [0.717, 1.165) is 36.5 Å². The van der Waals surface area contributed by atoms with E-state index in [1.807, 2.05) is 0 Å². The Labute approximate surface area is 141 Å². The van der Waals surface area contributed by atoms with Crippen LogP contribution in [-0.4, -0.2) is 15.9 Å². The zero-order chi connectivity index (χ0) is 16.3. The van der Waals surface area contributed by atoms with Gasteiger partial charge in [-0.2, -0.15) is 0 Å². The number of pyridine rings is 1. The summed E-state index contributed by atoms with van der Waals surface area (Å²) in [6, 6.07) is 11.0. The molecule has 1 N–H and O–H groups in total. The van der Waals surface area contributed by atoms with Crippen LogP contribution in [0.3, 0.4) is 0 Å². The van der Waals surface area contributed by atoms with E-state index in [-0.39, 0.29) is 6.10 Å². The van der Waals surface area contributed by atoms with E-state index in [1.54, 1.807) is 0 Å². The number of rotatable bonds is 2. The van der Waals surface area contributed by atoms with E-state index in [1.165, 1.54) is 22.4 Å². The Hall–Kier alpha value is -2.33. The lowest BCUT2D eigenvalue weighted by molar-refractivity contribution is 0.177. The molecule has 1 fully saturated rings. The number of hydrogen-bond donors (Lipinski definition) is 1. The van der Waals surface area contributed by atoms with Gasteiger partial charge in [0, 0.05) is 30.0 Å². The second-order valence-corrected chi connectivity index (χ2v) is 6.89. The van der Waals surface area contributed by atoms with Gasteiger partial charge in [-0.1, -0.05) is 30.3 Å². The van der Waals surface area contributed by atoms with Crippen LogP contribution in [0.2, 0.25) is 0 Å². The Kier molecular flexibility index (Phi) is 2.98. The van der Waals surface area contributed by atoms with Crippen molar-refractivity contribution in [3.05, 3.63) is 64.6 Å². The minimum atomic E-state index is 0.113. The molecule has 1 aromatic carbocycles. The standard InChI is InChI=1S/C20H21N3O/c1-12-13(2)23-11-16(17-10-21-17)15-8-9-18(14-6-4-3-5-7-14)24-19(15)20(23)22-12/h3-7,11,17-18,21H,8-10H2,1-2H3. The van der Waals surface area contributed by atoms with E-state index in [0.29, 0.717) is 6.04 Å². The number of nitrogens with one attached hydrogen (secondary N) is 1. The molecule has 0 radical (unpaired) electrons. The van der Waals surface area contributed by atoms with Crippen molar-refractivity contribution in [2.45, 2.75) is 38.8 Å². The maximum absolute atomic E-state index is 6.51. The SMILES string of the molecule is Cc1nc2c3c(c(C4CN4)cn2c1C)CCC(c1ccccc1)O3. The lowest BCUT2D eigenvalue weighted by Crippen LogP contribution is -2.18. The highest BCUT2D eigenvalue weighted by molar-refractivity contribution is 5.64. The van der Waals surface area contributed by atoms with Crippen molar-refractivity contribution in [3.8, 4) is 5.75 Å². The molecule has 2 aromatic heterocycles. The number of fused-ring (bicyclic) bond motifs is 3. The summed E-state index contributed by atoms with van der Waals surface area (Å²) in [6.07, 6.45) is 4.44. The van der Waals surface area contributed by atoms with Crippen molar-refractivity contribution in [2.75, 3.05) is 6.54 Å². The largest absolute Gasteiger partial charge is 0.482 e. The molecule has 2 aliphatic rings. The van der Waals surface area contributed by atoms with Crippen LogP contribution in [0.15, 0.2) is 36.5 Å². The van der Waals surface area contributed by atoms with Crippen LogP contribution in [-0.2, 0) is 6.42 Å². The average Bonchev–Trinajstić information content (AvgIpc) is 3.42. The summed E-state index contributed by atoms with van der Waals surface area (Å²) in [6.45, 7) is 5.26. The molecule has 1 saturated heterocycles. The highest BCUT2D eigenvalue weighted by atomic mass is 16.5. The fourth-order valence-electron chi connectivity index (χ4n) is 3.77. The molecule has 2 atom stereocenters. The van der Waals surface area contributed by atoms with E-state index in [9.17, 15) is 0 Å². The van der Waals surface area contributed by atoms with Crippen molar-refractivity contribution in [3.63, 3.8) is 0 Å². The number of benzene rings is 1. The second-order valence-electron chi connectivity index (χ2n) is 6.89. The topological polar surface area (TPSA) is 48.5 Å². The third-order valence-corrected chi connectivity index (χ3v) is 5.35. The molecule has 4 heterocycles. The smallest absolute Gasteiger partial charge is 0.180 e. The molecule has 5 rings (SSSR count). The second kappa shape index (κ2) is 5.08. The van der Waals surface area contributed by atoms with Gasteiger partial charge in [0.25, 0.3) is 0 Å². The molecule has 4 heteroatoms. The number of aromatic nitrogens is 2. The summed E-state index contributed by atoms with van der Waals surface area (Å²) in [7, 11) is 0.